The van der Waals surface area contributed by atoms with Crippen LogP contribution < -0.4 is 5.32 Å². The van der Waals surface area contributed by atoms with Crippen molar-refractivity contribution in [2.45, 2.75) is 45.8 Å². The third-order valence-electron chi connectivity index (χ3n) is 4.59. The van der Waals surface area contributed by atoms with E-state index in [4.69, 9.17) is 14.3 Å². The second-order valence-corrected chi connectivity index (χ2v) is 7.17. The molecule has 0 saturated heterocycles. The molecule has 0 radical (unpaired) electrons. The van der Waals surface area contributed by atoms with Gasteiger partial charge in [-0.25, -0.2) is 4.99 Å². The Morgan fingerprint density at radius 3 is 2.12 bits per heavy atom. The number of guanidine groups is 1. The van der Waals surface area contributed by atoms with Crippen molar-refractivity contribution in [2.75, 3.05) is 0 Å². The molecule has 2 aromatic rings. The number of hydroxylamine groups is 2. The van der Waals surface area contributed by atoms with Crippen molar-refractivity contribution < 1.29 is 28.7 Å². The Bertz CT molecular complexity index is 980. The summed E-state index contributed by atoms with van der Waals surface area (Å²) in [5.74, 6) is -1.55. The topological polar surface area (TPSA) is 107 Å². The second-order valence-electron chi connectivity index (χ2n) is 7.17. The van der Waals surface area contributed by atoms with Gasteiger partial charge in [0.15, 0.2) is 6.10 Å². The smallest absolute Gasteiger partial charge is 0.304 e. The lowest BCUT2D eigenvalue weighted by Gasteiger charge is -2.40. The molecule has 3 atom stereocenters. The van der Waals surface area contributed by atoms with E-state index in [9.17, 15) is 14.4 Å². The van der Waals surface area contributed by atoms with Crippen LogP contribution in [0.4, 0.5) is 0 Å². The Labute approximate surface area is 185 Å². The van der Waals surface area contributed by atoms with Crippen LogP contribution in [0, 0.1) is 0 Å². The SMILES string of the molecule is CC(=O)O[C@@H]1[C@@H](OC(C)=O)N(OCc2ccccc2)C(NC(=O)c2ccccc2)=N[C@@H]1C. The number of carbonyl (C=O) groups excluding carboxylic acids is 3. The third-order valence-corrected chi connectivity index (χ3v) is 4.59. The van der Waals surface area contributed by atoms with Gasteiger partial charge in [-0.05, 0) is 24.6 Å². The largest absolute Gasteiger partial charge is 0.454 e. The van der Waals surface area contributed by atoms with Crippen LogP contribution in [0.2, 0.25) is 0 Å². The summed E-state index contributed by atoms with van der Waals surface area (Å²) in [4.78, 5) is 46.6. The summed E-state index contributed by atoms with van der Waals surface area (Å²) < 4.78 is 10.8. The van der Waals surface area contributed by atoms with E-state index in [2.05, 4.69) is 10.3 Å². The maximum absolute atomic E-state index is 12.8. The van der Waals surface area contributed by atoms with E-state index in [1.165, 1.54) is 18.9 Å². The fourth-order valence-electron chi connectivity index (χ4n) is 3.15. The van der Waals surface area contributed by atoms with E-state index >= 15 is 0 Å². The normalized spacial score (nSPS) is 20.2. The van der Waals surface area contributed by atoms with Crippen molar-refractivity contribution in [3.63, 3.8) is 0 Å². The predicted octanol–water partition coefficient (Wildman–Crippen LogP) is 2.43. The first-order valence-corrected chi connectivity index (χ1v) is 10.1. The van der Waals surface area contributed by atoms with Gasteiger partial charge in [0.2, 0.25) is 12.2 Å². The fraction of sp³-hybridized carbons (Fsp3) is 0.304. The molecule has 1 heterocycles. The van der Waals surface area contributed by atoms with Crippen molar-refractivity contribution in [3.05, 3.63) is 71.8 Å². The number of carbonyl (C=O) groups is 3. The molecule has 1 aliphatic rings. The van der Waals surface area contributed by atoms with Crippen molar-refractivity contribution in [3.8, 4) is 0 Å². The zero-order valence-corrected chi connectivity index (χ0v) is 18.1. The molecule has 9 nitrogen and oxygen atoms in total. The van der Waals surface area contributed by atoms with Gasteiger partial charge in [-0.2, -0.15) is 5.06 Å². The summed E-state index contributed by atoms with van der Waals surface area (Å²) in [5, 5.41) is 3.88. The van der Waals surface area contributed by atoms with Crippen molar-refractivity contribution in [1.82, 2.24) is 10.4 Å². The Balaban J connectivity index is 1.92. The maximum atomic E-state index is 12.8. The first-order chi connectivity index (χ1) is 15.3. The number of rotatable bonds is 6. The lowest BCUT2D eigenvalue weighted by atomic mass is 10.1. The van der Waals surface area contributed by atoms with Gasteiger partial charge in [0.05, 0.1) is 6.04 Å². The molecule has 9 heteroatoms. The van der Waals surface area contributed by atoms with E-state index in [1.807, 2.05) is 30.3 Å². The van der Waals surface area contributed by atoms with Gasteiger partial charge >= 0.3 is 11.9 Å². The van der Waals surface area contributed by atoms with Gasteiger partial charge < -0.3 is 9.47 Å². The van der Waals surface area contributed by atoms with Crippen molar-refractivity contribution in [1.29, 1.82) is 0 Å². The van der Waals surface area contributed by atoms with Crippen LogP contribution in [-0.4, -0.2) is 47.2 Å². The standard InChI is InChI=1S/C23H25N3O6/c1-15-20(31-16(2)27)22(32-17(3)28)26(30-14-18-10-6-4-7-11-18)23(24-15)25-21(29)19-12-8-5-9-13-19/h4-13,15,20,22H,14H2,1-3H3,(H,24,25,29)/t15-,20+,22-/m1/s1. The molecule has 1 amide bonds. The molecule has 2 aromatic carbocycles. The maximum Gasteiger partial charge on any atom is 0.304 e. The number of hydrogen-bond acceptors (Lipinski definition) is 8. The van der Waals surface area contributed by atoms with E-state index in [0.29, 0.717) is 5.56 Å². The zero-order valence-electron chi connectivity index (χ0n) is 18.1. The molecule has 0 fully saturated rings. The number of esters is 2. The lowest BCUT2D eigenvalue weighted by Crippen LogP contribution is -2.61. The predicted molar refractivity (Wildman–Crippen MR) is 115 cm³/mol. The number of ether oxygens (including phenoxy) is 2. The molecule has 0 aliphatic carbocycles. The number of nitrogens with one attached hydrogen (secondary N) is 1. The van der Waals surface area contributed by atoms with Crippen LogP contribution in [0.5, 0.6) is 0 Å². The highest BCUT2D eigenvalue weighted by Gasteiger charge is 2.44. The van der Waals surface area contributed by atoms with Crippen molar-refractivity contribution >= 4 is 23.8 Å². The van der Waals surface area contributed by atoms with Crippen LogP contribution in [0.15, 0.2) is 65.7 Å². The van der Waals surface area contributed by atoms with Crippen LogP contribution in [0.3, 0.4) is 0 Å². The Morgan fingerprint density at radius 2 is 1.53 bits per heavy atom. The van der Waals surface area contributed by atoms with Gasteiger partial charge in [-0.1, -0.05) is 48.5 Å². The highest BCUT2D eigenvalue weighted by Crippen LogP contribution is 2.23. The first-order valence-electron chi connectivity index (χ1n) is 10.1. The summed E-state index contributed by atoms with van der Waals surface area (Å²) in [5.41, 5.74) is 1.25. The Kier molecular flexibility index (Phi) is 7.56. The van der Waals surface area contributed by atoms with Crippen molar-refractivity contribution in [2.24, 2.45) is 4.99 Å². The highest BCUT2D eigenvalue weighted by atomic mass is 16.7. The molecule has 0 aromatic heterocycles. The number of aliphatic imine (C=N–C) groups is 1. The molecule has 168 valence electrons. The Hall–Kier alpha value is -3.72. The van der Waals surface area contributed by atoms with Gasteiger partial charge in [0.1, 0.15) is 6.61 Å². The van der Waals surface area contributed by atoms with Gasteiger partial charge in [-0.3, -0.25) is 24.5 Å². The fourth-order valence-corrected chi connectivity index (χ4v) is 3.15. The molecule has 1 aliphatic heterocycles. The summed E-state index contributed by atoms with van der Waals surface area (Å²) in [6, 6.07) is 17.3. The van der Waals surface area contributed by atoms with Gasteiger partial charge in [0, 0.05) is 19.4 Å². The van der Waals surface area contributed by atoms with E-state index < -0.39 is 36.2 Å². The minimum atomic E-state index is -1.15. The molecule has 0 spiro atoms. The summed E-state index contributed by atoms with van der Waals surface area (Å²) >= 11 is 0. The minimum Gasteiger partial charge on any atom is -0.454 e. The average molecular weight is 439 g/mol. The molecule has 0 saturated carbocycles. The van der Waals surface area contributed by atoms with Crippen LogP contribution >= 0.6 is 0 Å². The minimum absolute atomic E-state index is 0.0388. The number of nitrogens with zero attached hydrogens (tertiary/aromatic N) is 2. The lowest BCUT2D eigenvalue weighted by molar-refractivity contribution is -0.249. The summed E-state index contributed by atoms with van der Waals surface area (Å²) in [6.07, 6.45) is -2.09. The van der Waals surface area contributed by atoms with E-state index in [-0.39, 0.29) is 12.6 Å². The van der Waals surface area contributed by atoms with Crippen LogP contribution in [0.25, 0.3) is 0 Å². The van der Waals surface area contributed by atoms with Crippen LogP contribution in [-0.2, 0) is 30.5 Å². The molecule has 0 bridgehead atoms. The molecule has 0 unspecified atom stereocenters. The Morgan fingerprint density at radius 1 is 0.938 bits per heavy atom. The quantitative estimate of drug-likeness (QED) is 0.689. The number of benzene rings is 2. The molecular formula is C23H25N3O6. The second kappa shape index (κ2) is 10.5. The van der Waals surface area contributed by atoms with Gasteiger partial charge in [-0.15, -0.1) is 0 Å². The van der Waals surface area contributed by atoms with Gasteiger partial charge in [0.25, 0.3) is 5.91 Å². The summed E-state index contributed by atoms with van der Waals surface area (Å²) in [7, 11) is 0. The molecule has 1 N–H and O–H groups in total. The zero-order chi connectivity index (χ0) is 23.1. The summed E-state index contributed by atoms with van der Waals surface area (Å²) in [6.45, 7) is 4.27. The molecular weight excluding hydrogens is 414 g/mol. The average Bonchev–Trinajstić information content (AvgIpc) is 2.76. The number of amides is 1. The number of hydrogen-bond donors (Lipinski definition) is 1. The van der Waals surface area contributed by atoms with Crippen LogP contribution in [0.1, 0.15) is 36.7 Å². The highest BCUT2D eigenvalue weighted by molar-refractivity contribution is 6.05. The van der Waals surface area contributed by atoms with E-state index in [0.717, 1.165) is 5.56 Å². The van der Waals surface area contributed by atoms with E-state index in [1.54, 1.807) is 37.3 Å². The monoisotopic (exact) mass is 439 g/mol. The third kappa shape index (κ3) is 5.92. The first kappa shape index (κ1) is 23.0. The molecule has 3 rings (SSSR count). The molecule has 32 heavy (non-hydrogen) atoms.